The molecular formula is C33H34O8. The zero-order valence-electron chi connectivity index (χ0n) is 22.9. The highest BCUT2D eigenvalue weighted by molar-refractivity contribution is 5.93. The summed E-state index contributed by atoms with van der Waals surface area (Å²) in [7, 11) is 0. The van der Waals surface area contributed by atoms with Gasteiger partial charge in [0.25, 0.3) is 0 Å². The maximum atomic E-state index is 9.38. The summed E-state index contributed by atoms with van der Waals surface area (Å²) >= 11 is 0. The first kappa shape index (κ1) is 26.3. The molecule has 3 aliphatic heterocycles. The van der Waals surface area contributed by atoms with Gasteiger partial charge in [0.2, 0.25) is 0 Å². The van der Waals surface area contributed by atoms with E-state index in [4.69, 9.17) is 33.2 Å². The molecule has 214 valence electrons. The molecule has 0 spiro atoms. The standard InChI is InChI=1S/C33H34O8/c34-10-1-11-35-32-8-4-21-2-6-23(36-15-25-17-38-25)12-28(21)30(32)14-31-29-13-24(37-16-26-18-39-26)7-3-22(29)5-9-33(31)41-20-27-19-40-27/h2-9,12-13,25-27,34H,1,10-11,14-20H2. The van der Waals surface area contributed by atoms with E-state index in [0.717, 1.165) is 75.5 Å². The number of fused-ring (bicyclic) bond motifs is 2. The number of hydrogen-bond donors (Lipinski definition) is 1. The van der Waals surface area contributed by atoms with E-state index in [9.17, 15) is 5.11 Å². The Kier molecular flexibility index (Phi) is 7.54. The summed E-state index contributed by atoms with van der Waals surface area (Å²) in [5.74, 6) is 3.18. The second-order valence-electron chi connectivity index (χ2n) is 10.8. The number of aliphatic hydroxyl groups is 1. The third kappa shape index (κ3) is 6.52. The van der Waals surface area contributed by atoms with Crippen LogP contribution in [0.25, 0.3) is 21.5 Å². The Morgan fingerprint density at radius 2 is 1.07 bits per heavy atom. The maximum Gasteiger partial charge on any atom is 0.123 e. The average Bonchev–Trinajstić information content (AvgIpc) is 3.85. The second-order valence-corrected chi connectivity index (χ2v) is 10.8. The quantitative estimate of drug-likeness (QED) is 0.166. The Morgan fingerprint density at radius 3 is 1.56 bits per heavy atom. The molecular weight excluding hydrogens is 524 g/mol. The van der Waals surface area contributed by atoms with Gasteiger partial charge in [0.05, 0.1) is 26.4 Å². The van der Waals surface area contributed by atoms with Gasteiger partial charge in [-0.3, -0.25) is 0 Å². The van der Waals surface area contributed by atoms with Crippen molar-refractivity contribution >= 4 is 21.5 Å². The van der Waals surface area contributed by atoms with Crippen LogP contribution in [-0.2, 0) is 20.6 Å². The van der Waals surface area contributed by atoms with Crippen LogP contribution in [-0.4, -0.2) is 76.3 Å². The van der Waals surface area contributed by atoms with E-state index < -0.39 is 0 Å². The molecule has 3 fully saturated rings. The zero-order chi connectivity index (χ0) is 27.6. The average molecular weight is 559 g/mol. The van der Waals surface area contributed by atoms with Crippen molar-refractivity contribution < 1.29 is 38.3 Å². The van der Waals surface area contributed by atoms with Gasteiger partial charge in [0.1, 0.15) is 61.1 Å². The summed E-state index contributed by atoms with van der Waals surface area (Å²) in [6.45, 7) is 4.29. The third-order valence-corrected chi connectivity index (χ3v) is 7.54. The fourth-order valence-electron chi connectivity index (χ4n) is 4.97. The number of epoxide rings is 3. The summed E-state index contributed by atoms with van der Waals surface area (Å²) in [6, 6.07) is 20.6. The van der Waals surface area contributed by atoms with Gasteiger partial charge < -0.3 is 38.3 Å². The lowest BCUT2D eigenvalue weighted by Gasteiger charge is -2.19. The first-order chi connectivity index (χ1) is 20.2. The Hall–Kier alpha value is -3.56. The number of benzene rings is 4. The fourth-order valence-corrected chi connectivity index (χ4v) is 4.97. The van der Waals surface area contributed by atoms with E-state index >= 15 is 0 Å². The van der Waals surface area contributed by atoms with E-state index in [1.165, 1.54) is 0 Å². The van der Waals surface area contributed by atoms with Crippen LogP contribution >= 0.6 is 0 Å². The van der Waals surface area contributed by atoms with E-state index in [0.29, 0.717) is 39.3 Å². The maximum absolute atomic E-state index is 9.38. The van der Waals surface area contributed by atoms with E-state index in [1.807, 2.05) is 24.3 Å². The van der Waals surface area contributed by atoms with Crippen LogP contribution in [0.5, 0.6) is 23.0 Å². The molecule has 7 rings (SSSR count). The molecule has 41 heavy (non-hydrogen) atoms. The predicted octanol–water partition coefficient (Wildman–Crippen LogP) is 4.68. The minimum absolute atomic E-state index is 0.0728. The molecule has 0 aliphatic carbocycles. The SMILES string of the molecule is OCCCOc1ccc2ccc(OCC3CO3)cc2c1Cc1c(OCC2CO2)ccc2ccc(OCC3CO3)cc12. The molecule has 3 saturated heterocycles. The van der Waals surface area contributed by atoms with Crippen molar-refractivity contribution in [2.75, 3.05) is 52.9 Å². The fraction of sp³-hybridized carbons (Fsp3) is 0.394. The monoisotopic (exact) mass is 558 g/mol. The Balaban J connectivity index is 1.30. The van der Waals surface area contributed by atoms with Gasteiger partial charge in [-0.25, -0.2) is 0 Å². The summed E-state index contributed by atoms with van der Waals surface area (Å²) in [5, 5.41) is 13.7. The molecule has 4 aromatic rings. The van der Waals surface area contributed by atoms with Gasteiger partial charge >= 0.3 is 0 Å². The molecule has 0 amide bonds. The Labute approximate surface area is 238 Å². The van der Waals surface area contributed by atoms with Crippen LogP contribution in [0.3, 0.4) is 0 Å². The number of rotatable bonds is 15. The van der Waals surface area contributed by atoms with E-state index in [-0.39, 0.29) is 24.9 Å². The van der Waals surface area contributed by atoms with Gasteiger partial charge in [-0.05, 0) is 57.9 Å². The predicted molar refractivity (Wildman–Crippen MR) is 154 cm³/mol. The molecule has 8 nitrogen and oxygen atoms in total. The van der Waals surface area contributed by atoms with E-state index in [2.05, 4.69) is 36.4 Å². The van der Waals surface area contributed by atoms with Crippen molar-refractivity contribution in [3.63, 3.8) is 0 Å². The lowest BCUT2D eigenvalue weighted by atomic mass is 9.93. The number of ether oxygens (including phenoxy) is 7. The van der Waals surface area contributed by atoms with Gasteiger partial charge in [-0.1, -0.05) is 24.3 Å². The highest BCUT2D eigenvalue weighted by Gasteiger charge is 2.26. The lowest BCUT2D eigenvalue weighted by Crippen LogP contribution is -2.08. The van der Waals surface area contributed by atoms with Crippen molar-refractivity contribution in [1.29, 1.82) is 0 Å². The van der Waals surface area contributed by atoms with Crippen LogP contribution < -0.4 is 18.9 Å². The number of hydrogen-bond acceptors (Lipinski definition) is 8. The summed E-state index contributed by atoms with van der Waals surface area (Å²) in [4.78, 5) is 0. The molecule has 4 aromatic carbocycles. The molecule has 0 radical (unpaired) electrons. The molecule has 3 aliphatic rings. The van der Waals surface area contributed by atoms with Crippen molar-refractivity contribution in [2.45, 2.75) is 31.2 Å². The molecule has 3 unspecified atom stereocenters. The van der Waals surface area contributed by atoms with Gasteiger partial charge in [0.15, 0.2) is 0 Å². The second kappa shape index (κ2) is 11.7. The normalized spacial score (nSPS) is 20.7. The van der Waals surface area contributed by atoms with Crippen molar-refractivity contribution in [3.8, 4) is 23.0 Å². The lowest BCUT2D eigenvalue weighted by molar-refractivity contribution is 0.233. The molecule has 8 heteroatoms. The largest absolute Gasteiger partial charge is 0.493 e. The topological polar surface area (TPSA) is 94.7 Å². The summed E-state index contributed by atoms with van der Waals surface area (Å²) in [5.41, 5.74) is 2.08. The van der Waals surface area contributed by atoms with Gasteiger partial charge in [-0.15, -0.1) is 0 Å². The van der Waals surface area contributed by atoms with Crippen molar-refractivity contribution in [2.24, 2.45) is 0 Å². The van der Waals surface area contributed by atoms with Gasteiger partial charge in [0, 0.05) is 30.6 Å². The van der Waals surface area contributed by atoms with Crippen LogP contribution in [0.1, 0.15) is 17.5 Å². The molecule has 0 bridgehead atoms. The van der Waals surface area contributed by atoms with Crippen LogP contribution in [0.4, 0.5) is 0 Å². The first-order valence-electron chi connectivity index (χ1n) is 14.3. The van der Waals surface area contributed by atoms with Crippen LogP contribution in [0, 0.1) is 0 Å². The summed E-state index contributed by atoms with van der Waals surface area (Å²) < 4.78 is 40.8. The van der Waals surface area contributed by atoms with Crippen molar-refractivity contribution in [3.05, 3.63) is 71.8 Å². The minimum Gasteiger partial charge on any atom is -0.493 e. The number of aliphatic hydroxyl groups excluding tert-OH is 1. The van der Waals surface area contributed by atoms with Crippen molar-refractivity contribution in [1.82, 2.24) is 0 Å². The molecule has 1 N–H and O–H groups in total. The minimum atomic E-state index is 0.0728. The highest BCUT2D eigenvalue weighted by Crippen LogP contribution is 2.39. The van der Waals surface area contributed by atoms with Crippen LogP contribution in [0.2, 0.25) is 0 Å². The Bertz CT molecular complexity index is 1520. The molecule has 3 atom stereocenters. The Morgan fingerprint density at radius 1 is 0.610 bits per heavy atom. The first-order valence-corrected chi connectivity index (χ1v) is 14.3. The smallest absolute Gasteiger partial charge is 0.123 e. The third-order valence-electron chi connectivity index (χ3n) is 7.54. The van der Waals surface area contributed by atoms with E-state index in [1.54, 1.807) is 0 Å². The highest BCUT2D eigenvalue weighted by atomic mass is 16.6. The zero-order valence-corrected chi connectivity index (χ0v) is 22.9. The molecule has 3 heterocycles. The molecule has 0 aromatic heterocycles. The summed E-state index contributed by atoms with van der Waals surface area (Å²) in [6.07, 6.45) is 1.60. The molecule has 0 saturated carbocycles. The van der Waals surface area contributed by atoms with Crippen LogP contribution in [0.15, 0.2) is 60.7 Å². The van der Waals surface area contributed by atoms with Gasteiger partial charge in [-0.2, -0.15) is 0 Å².